The van der Waals surface area contributed by atoms with Crippen molar-refractivity contribution in [3.05, 3.63) is 12.2 Å². The molecule has 0 radical (unpaired) electrons. The molecule has 3 heteroatoms. The van der Waals surface area contributed by atoms with Gasteiger partial charge >= 0.3 is 8.56 Å². The first-order valence-electron chi connectivity index (χ1n) is 5.23. The molecule has 1 fully saturated rings. The molecular weight excluding hydrogens is 192 g/mol. The lowest BCUT2D eigenvalue weighted by atomic mass is 10.4. The predicted molar refractivity (Wildman–Crippen MR) is 61.5 cm³/mol. The van der Waals surface area contributed by atoms with Gasteiger partial charge in [-0.3, -0.25) is 0 Å². The van der Waals surface area contributed by atoms with Gasteiger partial charge in [0.05, 0.1) is 0 Å². The molecule has 0 bridgehead atoms. The minimum atomic E-state index is -2.00. The van der Waals surface area contributed by atoms with Gasteiger partial charge in [-0.05, 0) is 18.8 Å². The lowest BCUT2D eigenvalue weighted by Gasteiger charge is -2.28. The number of hydrogen-bond donors (Lipinski definition) is 0. The SMILES string of the molecule is C=C(C)C[Si](OC)(OC)C1C(C)C1C. The van der Waals surface area contributed by atoms with E-state index in [2.05, 4.69) is 27.4 Å². The van der Waals surface area contributed by atoms with E-state index in [-0.39, 0.29) is 0 Å². The Morgan fingerprint density at radius 1 is 1.21 bits per heavy atom. The molecule has 14 heavy (non-hydrogen) atoms. The maximum Gasteiger partial charge on any atom is 0.345 e. The van der Waals surface area contributed by atoms with Crippen LogP contribution in [0.3, 0.4) is 0 Å². The van der Waals surface area contributed by atoms with E-state index in [0.29, 0.717) is 5.54 Å². The highest BCUT2D eigenvalue weighted by Crippen LogP contribution is 2.58. The van der Waals surface area contributed by atoms with Crippen molar-refractivity contribution in [3.8, 4) is 0 Å². The molecule has 0 aromatic heterocycles. The molecule has 0 spiro atoms. The largest absolute Gasteiger partial charge is 0.397 e. The summed E-state index contributed by atoms with van der Waals surface area (Å²) in [6.45, 7) is 10.6. The summed E-state index contributed by atoms with van der Waals surface area (Å²) in [7, 11) is 1.58. The molecule has 1 saturated carbocycles. The molecule has 1 rings (SSSR count). The number of rotatable bonds is 5. The summed E-state index contributed by atoms with van der Waals surface area (Å²) >= 11 is 0. The monoisotopic (exact) mass is 214 g/mol. The summed E-state index contributed by atoms with van der Waals surface area (Å²) in [6.07, 6.45) is 0. The summed E-state index contributed by atoms with van der Waals surface area (Å²) in [4.78, 5) is 0. The van der Waals surface area contributed by atoms with Crippen LogP contribution in [-0.2, 0) is 8.85 Å². The Hall–Kier alpha value is -0.123. The highest BCUT2D eigenvalue weighted by atomic mass is 28.4. The molecule has 0 aromatic rings. The molecule has 0 N–H and O–H groups in total. The van der Waals surface area contributed by atoms with Crippen LogP contribution in [0.25, 0.3) is 0 Å². The van der Waals surface area contributed by atoms with Gasteiger partial charge in [0.25, 0.3) is 0 Å². The molecule has 0 aromatic carbocycles. The van der Waals surface area contributed by atoms with Crippen LogP contribution < -0.4 is 0 Å². The van der Waals surface area contributed by atoms with Crippen molar-refractivity contribution in [2.45, 2.75) is 32.4 Å². The molecular formula is C11H22O2Si. The molecule has 0 heterocycles. The fraction of sp³-hybridized carbons (Fsp3) is 0.818. The predicted octanol–water partition coefficient (Wildman–Crippen LogP) is 2.95. The normalized spacial score (nSPS) is 31.6. The summed E-state index contributed by atoms with van der Waals surface area (Å²) in [5, 5.41) is 0. The van der Waals surface area contributed by atoms with Crippen LogP contribution in [0, 0.1) is 11.8 Å². The topological polar surface area (TPSA) is 18.5 Å². The van der Waals surface area contributed by atoms with Gasteiger partial charge in [-0.25, -0.2) is 0 Å². The minimum Gasteiger partial charge on any atom is -0.397 e. The van der Waals surface area contributed by atoms with E-state index in [0.717, 1.165) is 17.9 Å². The van der Waals surface area contributed by atoms with E-state index in [9.17, 15) is 0 Å². The van der Waals surface area contributed by atoms with Gasteiger partial charge in [0.2, 0.25) is 0 Å². The Labute approximate surface area is 88.5 Å². The molecule has 82 valence electrons. The van der Waals surface area contributed by atoms with Crippen molar-refractivity contribution in [1.29, 1.82) is 0 Å². The van der Waals surface area contributed by atoms with Gasteiger partial charge in [0.1, 0.15) is 0 Å². The Morgan fingerprint density at radius 2 is 1.64 bits per heavy atom. The summed E-state index contributed by atoms with van der Waals surface area (Å²) in [5.74, 6) is 1.50. The van der Waals surface area contributed by atoms with Crippen LogP contribution >= 0.6 is 0 Å². The Kier molecular flexibility index (Phi) is 3.56. The lowest BCUT2D eigenvalue weighted by molar-refractivity contribution is 0.239. The third-order valence-electron chi connectivity index (χ3n) is 3.57. The molecule has 0 amide bonds. The highest BCUT2D eigenvalue weighted by Gasteiger charge is 2.60. The van der Waals surface area contributed by atoms with Gasteiger partial charge in [-0.15, -0.1) is 6.58 Å². The second-order valence-corrected chi connectivity index (χ2v) is 8.06. The molecule has 1 aliphatic carbocycles. The molecule has 0 saturated heterocycles. The van der Waals surface area contributed by atoms with Crippen molar-refractivity contribution in [1.82, 2.24) is 0 Å². The van der Waals surface area contributed by atoms with E-state index < -0.39 is 8.56 Å². The van der Waals surface area contributed by atoms with E-state index >= 15 is 0 Å². The van der Waals surface area contributed by atoms with Gasteiger partial charge < -0.3 is 8.85 Å². The van der Waals surface area contributed by atoms with Crippen LogP contribution in [0.15, 0.2) is 12.2 Å². The van der Waals surface area contributed by atoms with Crippen LogP contribution in [0.2, 0.25) is 11.6 Å². The maximum atomic E-state index is 5.72. The quantitative estimate of drug-likeness (QED) is 0.517. The number of hydrogen-bond acceptors (Lipinski definition) is 2. The average molecular weight is 214 g/mol. The van der Waals surface area contributed by atoms with E-state index in [1.165, 1.54) is 5.57 Å². The van der Waals surface area contributed by atoms with Crippen molar-refractivity contribution >= 4 is 8.56 Å². The first-order valence-corrected chi connectivity index (χ1v) is 7.33. The minimum absolute atomic E-state index is 0.647. The fourth-order valence-corrected chi connectivity index (χ4v) is 6.68. The number of allylic oxidation sites excluding steroid dienone is 1. The maximum absolute atomic E-state index is 5.72. The van der Waals surface area contributed by atoms with Crippen LogP contribution in [0.1, 0.15) is 20.8 Å². The van der Waals surface area contributed by atoms with Gasteiger partial charge in [-0.2, -0.15) is 0 Å². The lowest BCUT2D eigenvalue weighted by Crippen LogP contribution is -2.41. The van der Waals surface area contributed by atoms with Gasteiger partial charge in [0, 0.05) is 25.8 Å². The summed E-state index contributed by atoms with van der Waals surface area (Å²) < 4.78 is 11.4. The zero-order valence-corrected chi connectivity index (χ0v) is 11.0. The van der Waals surface area contributed by atoms with E-state index in [1.807, 2.05) is 0 Å². The third kappa shape index (κ3) is 1.95. The van der Waals surface area contributed by atoms with Crippen LogP contribution in [-0.4, -0.2) is 22.8 Å². The third-order valence-corrected chi connectivity index (χ3v) is 8.11. The smallest absolute Gasteiger partial charge is 0.345 e. The standard InChI is InChI=1S/C11H22O2Si/c1-8(2)7-14(12-5,13-6)11-9(3)10(11)4/h9-11H,1,7H2,2-6H3. The fourth-order valence-electron chi connectivity index (χ4n) is 2.50. The van der Waals surface area contributed by atoms with Crippen molar-refractivity contribution in [2.75, 3.05) is 14.2 Å². The van der Waals surface area contributed by atoms with Gasteiger partial charge in [-0.1, -0.05) is 19.4 Å². The Balaban J connectivity index is 2.76. The molecule has 2 unspecified atom stereocenters. The first kappa shape index (κ1) is 11.9. The molecule has 0 aliphatic heterocycles. The Bertz CT molecular complexity index is 215. The van der Waals surface area contributed by atoms with Crippen molar-refractivity contribution in [2.24, 2.45) is 11.8 Å². The van der Waals surface area contributed by atoms with E-state index in [4.69, 9.17) is 8.85 Å². The molecule has 2 nitrogen and oxygen atoms in total. The second-order valence-electron chi connectivity index (χ2n) is 4.60. The van der Waals surface area contributed by atoms with E-state index in [1.54, 1.807) is 14.2 Å². The van der Waals surface area contributed by atoms with Crippen LogP contribution in [0.4, 0.5) is 0 Å². The average Bonchev–Trinajstić information content (AvgIpc) is 2.72. The summed E-state index contributed by atoms with van der Waals surface area (Å²) in [5.41, 5.74) is 1.82. The van der Waals surface area contributed by atoms with Crippen LogP contribution in [0.5, 0.6) is 0 Å². The second kappa shape index (κ2) is 4.17. The molecule has 1 aliphatic rings. The Morgan fingerprint density at radius 3 is 1.86 bits per heavy atom. The first-order chi connectivity index (χ1) is 6.48. The van der Waals surface area contributed by atoms with Gasteiger partial charge in [0.15, 0.2) is 0 Å². The summed E-state index contributed by atoms with van der Waals surface area (Å²) in [6, 6.07) is 0.930. The van der Waals surface area contributed by atoms with Crippen molar-refractivity contribution in [3.63, 3.8) is 0 Å². The molecule has 2 atom stereocenters. The van der Waals surface area contributed by atoms with Crippen molar-refractivity contribution < 1.29 is 8.85 Å². The zero-order valence-electron chi connectivity index (χ0n) is 9.96. The zero-order chi connectivity index (χ0) is 10.9. The highest BCUT2D eigenvalue weighted by molar-refractivity contribution is 6.70.